The molecule has 0 bridgehead atoms. The Morgan fingerprint density at radius 3 is 2.30 bits per heavy atom. The molecule has 5 nitrogen and oxygen atoms in total. The van der Waals surface area contributed by atoms with E-state index in [0.29, 0.717) is 18.9 Å². The van der Waals surface area contributed by atoms with Crippen LogP contribution in [0.2, 0.25) is 0 Å². The van der Waals surface area contributed by atoms with E-state index in [0.717, 1.165) is 16.7 Å². The summed E-state index contributed by atoms with van der Waals surface area (Å²) in [6.07, 6.45) is 0. The molecule has 0 unspecified atom stereocenters. The fourth-order valence-electron chi connectivity index (χ4n) is 1.96. The first-order valence-corrected chi connectivity index (χ1v) is 6.46. The van der Waals surface area contributed by atoms with E-state index in [1.807, 2.05) is 54.6 Å². The van der Waals surface area contributed by atoms with Crippen molar-refractivity contribution in [1.82, 2.24) is 20.2 Å². The number of nitrogens with zero attached hydrogens (tertiary/aromatic N) is 4. The lowest BCUT2D eigenvalue weighted by atomic mass is 10.1. The van der Waals surface area contributed by atoms with Gasteiger partial charge in [-0.25, -0.2) is 0 Å². The summed E-state index contributed by atoms with van der Waals surface area (Å²) in [5, 5.41) is 12.5. The molecule has 1 aromatic heterocycles. The monoisotopic (exact) mass is 265 g/mol. The zero-order valence-corrected chi connectivity index (χ0v) is 11.0. The van der Waals surface area contributed by atoms with Crippen LogP contribution in [0.3, 0.4) is 0 Å². The van der Waals surface area contributed by atoms with Crippen molar-refractivity contribution >= 4 is 0 Å². The standard InChI is InChI=1S/C15H15N5/c16-10-12-6-8-13(9-7-12)11-20-18-15(17-19-20)14-4-2-1-3-5-14/h1-9H,10-11,16H2. The molecule has 2 N–H and O–H groups in total. The van der Waals surface area contributed by atoms with Gasteiger partial charge in [-0.3, -0.25) is 0 Å². The Morgan fingerprint density at radius 1 is 0.900 bits per heavy atom. The van der Waals surface area contributed by atoms with E-state index in [-0.39, 0.29) is 0 Å². The highest BCUT2D eigenvalue weighted by atomic mass is 15.6. The molecule has 0 aliphatic rings. The number of hydrogen-bond acceptors (Lipinski definition) is 4. The van der Waals surface area contributed by atoms with Crippen molar-refractivity contribution in [2.75, 3.05) is 0 Å². The lowest BCUT2D eigenvalue weighted by molar-refractivity contribution is 0.572. The van der Waals surface area contributed by atoms with Gasteiger partial charge < -0.3 is 5.73 Å². The summed E-state index contributed by atoms with van der Waals surface area (Å²) >= 11 is 0. The quantitative estimate of drug-likeness (QED) is 0.781. The Balaban J connectivity index is 1.77. The summed E-state index contributed by atoms with van der Waals surface area (Å²) < 4.78 is 0. The summed E-state index contributed by atoms with van der Waals surface area (Å²) in [5.41, 5.74) is 8.79. The fraction of sp³-hybridized carbons (Fsp3) is 0.133. The Morgan fingerprint density at radius 2 is 1.60 bits per heavy atom. The molecule has 0 amide bonds. The molecule has 20 heavy (non-hydrogen) atoms. The third kappa shape index (κ3) is 2.73. The van der Waals surface area contributed by atoms with Gasteiger partial charge in [-0.2, -0.15) is 4.80 Å². The molecule has 100 valence electrons. The van der Waals surface area contributed by atoms with Gasteiger partial charge in [0.05, 0.1) is 6.54 Å². The molecule has 3 rings (SSSR count). The summed E-state index contributed by atoms with van der Waals surface area (Å²) in [6, 6.07) is 17.9. The summed E-state index contributed by atoms with van der Waals surface area (Å²) in [7, 11) is 0. The Labute approximate surface area is 117 Å². The molecule has 0 radical (unpaired) electrons. The van der Waals surface area contributed by atoms with Crippen molar-refractivity contribution in [2.45, 2.75) is 13.1 Å². The van der Waals surface area contributed by atoms with Gasteiger partial charge in [0.1, 0.15) is 0 Å². The molecule has 1 heterocycles. The second-order valence-corrected chi connectivity index (χ2v) is 4.53. The SMILES string of the molecule is NCc1ccc(Cn2nnc(-c3ccccc3)n2)cc1. The van der Waals surface area contributed by atoms with E-state index in [1.54, 1.807) is 4.80 Å². The molecule has 0 atom stereocenters. The second kappa shape index (κ2) is 5.63. The van der Waals surface area contributed by atoms with E-state index < -0.39 is 0 Å². The van der Waals surface area contributed by atoms with Crippen LogP contribution in [0.4, 0.5) is 0 Å². The van der Waals surface area contributed by atoms with Crippen molar-refractivity contribution in [3.05, 3.63) is 65.7 Å². The first kappa shape index (κ1) is 12.5. The van der Waals surface area contributed by atoms with Gasteiger partial charge in [0, 0.05) is 12.1 Å². The average Bonchev–Trinajstić information content (AvgIpc) is 2.97. The van der Waals surface area contributed by atoms with Gasteiger partial charge in [0.2, 0.25) is 5.82 Å². The van der Waals surface area contributed by atoms with E-state index in [2.05, 4.69) is 15.4 Å². The van der Waals surface area contributed by atoms with Crippen molar-refractivity contribution in [1.29, 1.82) is 0 Å². The van der Waals surface area contributed by atoms with Crippen LogP contribution >= 0.6 is 0 Å². The van der Waals surface area contributed by atoms with Gasteiger partial charge in [0.25, 0.3) is 0 Å². The minimum Gasteiger partial charge on any atom is -0.326 e. The fourth-order valence-corrected chi connectivity index (χ4v) is 1.96. The van der Waals surface area contributed by atoms with Crippen LogP contribution in [0.25, 0.3) is 11.4 Å². The van der Waals surface area contributed by atoms with Crippen LogP contribution in [0.15, 0.2) is 54.6 Å². The Bertz CT molecular complexity index is 673. The van der Waals surface area contributed by atoms with Crippen LogP contribution in [-0.4, -0.2) is 20.2 Å². The maximum atomic E-state index is 5.58. The van der Waals surface area contributed by atoms with E-state index in [9.17, 15) is 0 Å². The molecular formula is C15H15N5. The predicted molar refractivity (Wildman–Crippen MR) is 76.7 cm³/mol. The second-order valence-electron chi connectivity index (χ2n) is 4.53. The van der Waals surface area contributed by atoms with Crippen LogP contribution in [0, 0.1) is 0 Å². The van der Waals surface area contributed by atoms with Gasteiger partial charge >= 0.3 is 0 Å². The van der Waals surface area contributed by atoms with Crippen LogP contribution in [0.5, 0.6) is 0 Å². The number of tetrazole rings is 1. The number of benzene rings is 2. The van der Waals surface area contributed by atoms with Crippen molar-refractivity contribution in [3.8, 4) is 11.4 Å². The van der Waals surface area contributed by atoms with Crippen molar-refractivity contribution in [3.63, 3.8) is 0 Å². The average molecular weight is 265 g/mol. The summed E-state index contributed by atoms with van der Waals surface area (Å²) in [6.45, 7) is 1.16. The highest BCUT2D eigenvalue weighted by molar-refractivity contribution is 5.52. The molecule has 0 aliphatic carbocycles. The van der Waals surface area contributed by atoms with Crippen LogP contribution in [-0.2, 0) is 13.1 Å². The molecule has 3 aromatic rings. The van der Waals surface area contributed by atoms with E-state index in [4.69, 9.17) is 5.73 Å². The van der Waals surface area contributed by atoms with Gasteiger partial charge in [-0.1, -0.05) is 54.6 Å². The van der Waals surface area contributed by atoms with E-state index in [1.165, 1.54) is 0 Å². The number of aromatic nitrogens is 4. The molecule has 0 aliphatic heterocycles. The number of hydrogen-bond donors (Lipinski definition) is 1. The van der Waals surface area contributed by atoms with Crippen LogP contribution < -0.4 is 5.73 Å². The minimum atomic E-state index is 0.556. The molecule has 0 saturated heterocycles. The largest absolute Gasteiger partial charge is 0.326 e. The lowest BCUT2D eigenvalue weighted by Crippen LogP contribution is -2.04. The number of rotatable bonds is 4. The lowest BCUT2D eigenvalue weighted by Gasteiger charge is -2.01. The molecule has 5 heteroatoms. The maximum absolute atomic E-state index is 5.58. The first-order valence-electron chi connectivity index (χ1n) is 6.46. The molecule has 0 saturated carbocycles. The van der Waals surface area contributed by atoms with E-state index >= 15 is 0 Å². The highest BCUT2D eigenvalue weighted by Gasteiger charge is 2.05. The van der Waals surface area contributed by atoms with Crippen molar-refractivity contribution < 1.29 is 0 Å². The highest BCUT2D eigenvalue weighted by Crippen LogP contribution is 2.12. The third-order valence-corrected chi connectivity index (χ3v) is 3.07. The van der Waals surface area contributed by atoms with Crippen LogP contribution in [0.1, 0.15) is 11.1 Å². The first-order chi connectivity index (χ1) is 9.85. The summed E-state index contributed by atoms with van der Waals surface area (Å²) in [5.74, 6) is 0.643. The zero-order chi connectivity index (χ0) is 13.8. The molecule has 2 aromatic carbocycles. The Kier molecular flexibility index (Phi) is 3.52. The molecule has 0 fully saturated rings. The molecular weight excluding hydrogens is 250 g/mol. The van der Waals surface area contributed by atoms with Crippen molar-refractivity contribution in [2.24, 2.45) is 5.73 Å². The Hall–Kier alpha value is -2.53. The third-order valence-electron chi connectivity index (χ3n) is 3.07. The van der Waals surface area contributed by atoms with Gasteiger partial charge in [-0.05, 0) is 16.3 Å². The summed E-state index contributed by atoms with van der Waals surface area (Å²) in [4.78, 5) is 1.60. The predicted octanol–water partition coefficient (Wildman–Crippen LogP) is 1.85. The minimum absolute atomic E-state index is 0.556. The topological polar surface area (TPSA) is 69.6 Å². The zero-order valence-electron chi connectivity index (χ0n) is 11.0. The van der Waals surface area contributed by atoms with Gasteiger partial charge in [0.15, 0.2) is 0 Å². The molecule has 0 spiro atoms. The maximum Gasteiger partial charge on any atom is 0.204 e. The van der Waals surface area contributed by atoms with Gasteiger partial charge in [-0.15, -0.1) is 10.2 Å². The number of nitrogens with two attached hydrogens (primary N) is 1. The normalized spacial score (nSPS) is 10.7. The smallest absolute Gasteiger partial charge is 0.204 e.